The summed E-state index contributed by atoms with van der Waals surface area (Å²) in [6.45, 7) is 4.03. The number of ether oxygens (including phenoxy) is 1. The summed E-state index contributed by atoms with van der Waals surface area (Å²) in [7, 11) is -1.02. The van der Waals surface area contributed by atoms with Crippen molar-refractivity contribution in [1.82, 2.24) is 9.62 Å². The predicted molar refractivity (Wildman–Crippen MR) is 131 cm³/mol. The van der Waals surface area contributed by atoms with Gasteiger partial charge in [0.05, 0.1) is 24.1 Å². The maximum absolute atomic E-state index is 13.5. The lowest BCUT2D eigenvalue weighted by Gasteiger charge is -2.32. The van der Waals surface area contributed by atoms with Crippen LogP contribution in [-0.4, -0.2) is 58.7 Å². The molecule has 2 atom stereocenters. The number of carbonyl (C=O) groups is 1. The molecule has 0 radical (unpaired) electrons. The number of azide groups is 1. The van der Waals surface area contributed by atoms with E-state index in [4.69, 9.17) is 10.3 Å². The normalized spacial score (nSPS) is 13.2. The Bertz CT molecular complexity index is 1060. The second-order valence-corrected chi connectivity index (χ2v) is 10.1. The fourth-order valence-electron chi connectivity index (χ4n) is 3.50. The Morgan fingerprint density at radius 1 is 1.15 bits per heavy atom. The molecular weight excluding hydrogens is 441 g/mol. The van der Waals surface area contributed by atoms with Crippen LogP contribution in [0.5, 0.6) is 5.75 Å². The summed E-state index contributed by atoms with van der Waals surface area (Å²) in [4.78, 5) is 15.1. The fourth-order valence-corrected chi connectivity index (χ4v) is 5.13. The fraction of sp³-hybridized carbons (Fsp3) is 0.409. The molecule has 0 saturated carbocycles. The van der Waals surface area contributed by atoms with Crippen molar-refractivity contribution in [2.45, 2.75) is 37.2 Å². The Morgan fingerprint density at radius 3 is 2.30 bits per heavy atom. The molecule has 0 bridgehead atoms. The molecular formula is C22H30BN5O4S. The second-order valence-electron chi connectivity index (χ2n) is 8.16. The van der Waals surface area contributed by atoms with Crippen molar-refractivity contribution in [2.24, 2.45) is 11.0 Å². The van der Waals surface area contributed by atoms with E-state index < -0.39 is 22.1 Å². The van der Waals surface area contributed by atoms with Gasteiger partial charge in [-0.2, -0.15) is 4.31 Å². The lowest BCUT2D eigenvalue weighted by atomic mass is 9.98. The van der Waals surface area contributed by atoms with Crippen LogP contribution in [0.2, 0.25) is 0 Å². The van der Waals surface area contributed by atoms with Crippen LogP contribution in [0.4, 0.5) is 4.79 Å². The molecule has 0 aliphatic rings. The first-order chi connectivity index (χ1) is 15.7. The minimum Gasteiger partial charge on any atom is -0.497 e. The Balaban J connectivity index is 2.42. The van der Waals surface area contributed by atoms with Gasteiger partial charge >= 0.3 is 0 Å². The van der Waals surface area contributed by atoms with E-state index in [2.05, 4.69) is 15.3 Å². The molecule has 33 heavy (non-hydrogen) atoms. The number of methoxy groups -OCH3 is 1. The highest BCUT2D eigenvalue weighted by molar-refractivity contribution is 7.89. The molecule has 0 fully saturated rings. The van der Waals surface area contributed by atoms with Gasteiger partial charge in [-0.15, -0.1) is 0 Å². The second kappa shape index (κ2) is 12.3. The first-order valence-corrected chi connectivity index (χ1v) is 12.1. The molecule has 11 heteroatoms. The van der Waals surface area contributed by atoms with Crippen LogP contribution in [0.1, 0.15) is 19.4 Å². The number of carbonyl (C=O) groups excluding carboxylic acids is 1. The number of nitrogens with one attached hydrogen (secondary N) is 1. The van der Waals surface area contributed by atoms with Crippen LogP contribution >= 0.6 is 0 Å². The van der Waals surface area contributed by atoms with Crippen LogP contribution in [0.25, 0.3) is 10.4 Å². The summed E-state index contributed by atoms with van der Waals surface area (Å²) in [5, 5.41) is 6.71. The highest BCUT2D eigenvalue weighted by Crippen LogP contribution is 2.22. The summed E-state index contributed by atoms with van der Waals surface area (Å²) in [6, 6.07) is 14.2. The maximum atomic E-state index is 13.5. The molecule has 0 spiro atoms. The van der Waals surface area contributed by atoms with E-state index in [1.165, 1.54) is 31.4 Å². The number of benzene rings is 2. The van der Waals surface area contributed by atoms with Crippen molar-refractivity contribution in [1.29, 1.82) is 0 Å². The summed E-state index contributed by atoms with van der Waals surface area (Å²) in [5.74, 6) is 0.243. The van der Waals surface area contributed by atoms with Crippen LogP contribution < -0.4 is 10.1 Å². The summed E-state index contributed by atoms with van der Waals surface area (Å²) < 4.78 is 33.5. The first kappa shape index (κ1) is 26.2. The molecule has 2 aromatic carbocycles. The number of hydrogen-bond acceptors (Lipinski definition) is 5. The van der Waals surface area contributed by atoms with Gasteiger partial charge in [-0.05, 0) is 47.7 Å². The maximum Gasteiger partial charge on any atom is 0.243 e. The Hall–Kier alpha value is -3.01. The van der Waals surface area contributed by atoms with Crippen molar-refractivity contribution < 1.29 is 17.9 Å². The van der Waals surface area contributed by atoms with E-state index >= 15 is 0 Å². The van der Waals surface area contributed by atoms with Gasteiger partial charge in [0.1, 0.15) is 5.75 Å². The van der Waals surface area contributed by atoms with Gasteiger partial charge in [-0.3, -0.25) is 4.79 Å². The minimum atomic E-state index is -3.88. The van der Waals surface area contributed by atoms with E-state index in [-0.39, 0.29) is 29.7 Å². The van der Waals surface area contributed by atoms with Gasteiger partial charge in [0, 0.05) is 18.0 Å². The Labute approximate surface area is 196 Å². The molecule has 0 aliphatic carbocycles. The quantitative estimate of drug-likeness (QED) is 0.221. The molecule has 1 amide bonds. The summed E-state index contributed by atoms with van der Waals surface area (Å²) in [5.41, 5.74) is 10.1. The number of sulfonamides is 1. The van der Waals surface area contributed by atoms with Crippen molar-refractivity contribution in [2.75, 3.05) is 20.2 Å². The number of amides is 1. The van der Waals surface area contributed by atoms with Crippen LogP contribution in [0.3, 0.4) is 0 Å². The van der Waals surface area contributed by atoms with E-state index in [0.29, 0.717) is 12.2 Å². The molecule has 176 valence electrons. The van der Waals surface area contributed by atoms with E-state index in [0.717, 1.165) is 5.56 Å². The molecule has 2 aromatic rings. The van der Waals surface area contributed by atoms with Crippen LogP contribution in [-0.2, 0) is 16.4 Å². The highest BCUT2D eigenvalue weighted by atomic mass is 32.2. The van der Waals surface area contributed by atoms with Gasteiger partial charge in [0.15, 0.2) is 5.81 Å². The number of hydrogen-bond donors (Lipinski definition) is 1. The molecule has 1 N–H and O–H groups in total. The SMILES string of the molecule is BC(=O)N[C@H](CN(CC(C)C)S(=O)(=O)c1ccc(OC)cc1)[C@H](Cc1ccccc1)N=[N+]=[N-]. The van der Waals surface area contributed by atoms with E-state index in [1.54, 1.807) is 12.1 Å². The zero-order valence-electron chi connectivity index (χ0n) is 19.4. The molecule has 0 unspecified atom stereocenters. The standard InChI is InChI=1S/C22H30BN5O4S/c1-16(2)14-28(33(30,31)19-11-9-18(32-3)10-12-19)15-21(25-22(23)29)20(26-27-24)13-17-7-5-4-6-8-17/h4-12,16,20-21H,13-15,23H2,1-3H3,(H,25,29)/t20-,21+/m0/s1. The van der Waals surface area contributed by atoms with E-state index in [1.807, 2.05) is 44.2 Å². The number of nitrogens with zero attached hydrogens (tertiary/aromatic N) is 4. The van der Waals surface area contributed by atoms with E-state index in [9.17, 15) is 13.2 Å². The monoisotopic (exact) mass is 471 g/mol. The first-order valence-electron chi connectivity index (χ1n) is 10.7. The lowest BCUT2D eigenvalue weighted by molar-refractivity contribution is 0.247. The lowest BCUT2D eigenvalue weighted by Crippen LogP contribution is -2.52. The average molecular weight is 471 g/mol. The minimum absolute atomic E-state index is 0.0306. The zero-order chi connectivity index (χ0) is 24.4. The summed E-state index contributed by atoms with van der Waals surface area (Å²) >= 11 is 0. The average Bonchev–Trinajstić information content (AvgIpc) is 2.78. The smallest absolute Gasteiger partial charge is 0.243 e. The van der Waals surface area contributed by atoms with Crippen LogP contribution in [0.15, 0.2) is 64.6 Å². The molecule has 0 aromatic heterocycles. The van der Waals surface area contributed by atoms with Crippen molar-refractivity contribution in [3.8, 4) is 5.75 Å². The molecule has 0 heterocycles. The highest BCUT2D eigenvalue weighted by Gasteiger charge is 2.31. The molecule has 0 aliphatic heterocycles. The van der Waals surface area contributed by atoms with Crippen molar-refractivity contribution >= 4 is 23.7 Å². The van der Waals surface area contributed by atoms with Gasteiger partial charge in [0.25, 0.3) is 0 Å². The largest absolute Gasteiger partial charge is 0.497 e. The van der Waals surface area contributed by atoms with Crippen LogP contribution in [0, 0.1) is 5.92 Å². The van der Waals surface area contributed by atoms with Gasteiger partial charge in [-0.25, -0.2) is 8.42 Å². The third kappa shape index (κ3) is 7.82. The predicted octanol–water partition coefficient (Wildman–Crippen LogP) is 2.97. The molecule has 9 nitrogen and oxygen atoms in total. The molecule has 0 saturated heterocycles. The third-order valence-corrected chi connectivity index (χ3v) is 6.85. The van der Waals surface area contributed by atoms with Gasteiger partial charge in [-0.1, -0.05) is 49.3 Å². The topological polar surface area (TPSA) is 124 Å². The van der Waals surface area contributed by atoms with Crippen molar-refractivity contribution in [3.63, 3.8) is 0 Å². The van der Waals surface area contributed by atoms with Crippen molar-refractivity contribution in [3.05, 3.63) is 70.6 Å². The number of rotatable bonds is 12. The third-order valence-electron chi connectivity index (χ3n) is 5.01. The Kier molecular flexibility index (Phi) is 9.78. The summed E-state index contributed by atoms with van der Waals surface area (Å²) in [6.07, 6.45) is 0.355. The zero-order valence-corrected chi connectivity index (χ0v) is 20.2. The molecule has 2 rings (SSSR count). The van der Waals surface area contributed by atoms with Gasteiger partial charge < -0.3 is 10.1 Å². The van der Waals surface area contributed by atoms with Gasteiger partial charge in [0.2, 0.25) is 17.9 Å². The Morgan fingerprint density at radius 2 is 1.79 bits per heavy atom.